The molecule has 2 aromatic rings. The van der Waals surface area contributed by atoms with Crippen molar-refractivity contribution in [1.82, 2.24) is 0 Å². The van der Waals surface area contributed by atoms with Gasteiger partial charge in [-0.05, 0) is 23.3 Å². The number of hydrogen-bond acceptors (Lipinski definition) is 1. The molecular formula is C22H32N2O+2. The van der Waals surface area contributed by atoms with Crippen molar-refractivity contribution in [1.29, 1.82) is 0 Å². The highest BCUT2D eigenvalue weighted by Gasteiger charge is 2.22. The number of hydrogen-bond donors (Lipinski definition) is 2. The third-order valence-electron chi connectivity index (χ3n) is 5.42. The SMILES string of the molecule is CC(C)(c1ccccc1)c1ccc(OCCC[NH+]2CC[NH2+]CC2)cc1. The molecule has 0 saturated carbocycles. The minimum atomic E-state index is 0.00836. The fourth-order valence-corrected chi connectivity index (χ4v) is 3.63. The molecule has 1 fully saturated rings. The molecule has 0 radical (unpaired) electrons. The van der Waals surface area contributed by atoms with Gasteiger partial charge >= 0.3 is 0 Å². The van der Waals surface area contributed by atoms with Crippen LogP contribution in [0, 0.1) is 0 Å². The first-order chi connectivity index (χ1) is 12.2. The zero-order valence-corrected chi connectivity index (χ0v) is 15.6. The van der Waals surface area contributed by atoms with E-state index in [0.717, 1.165) is 18.8 Å². The van der Waals surface area contributed by atoms with Crippen molar-refractivity contribution < 1.29 is 15.0 Å². The summed E-state index contributed by atoms with van der Waals surface area (Å²) in [5.41, 5.74) is 2.67. The van der Waals surface area contributed by atoms with Crippen molar-refractivity contribution >= 4 is 0 Å². The highest BCUT2D eigenvalue weighted by atomic mass is 16.5. The van der Waals surface area contributed by atoms with Gasteiger partial charge in [-0.15, -0.1) is 0 Å². The molecule has 1 heterocycles. The van der Waals surface area contributed by atoms with Crippen LogP contribution in [0.4, 0.5) is 0 Å². The van der Waals surface area contributed by atoms with Crippen molar-refractivity contribution in [2.24, 2.45) is 0 Å². The summed E-state index contributed by atoms with van der Waals surface area (Å²) >= 11 is 0. The van der Waals surface area contributed by atoms with Gasteiger partial charge in [-0.3, -0.25) is 0 Å². The second-order valence-electron chi connectivity index (χ2n) is 7.58. The quantitative estimate of drug-likeness (QED) is 0.730. The van der Waals surface area contributed by atoms with Crippen molar-refractivity contribution in [3.05, 3.63) is 65.7 Å². The molecule has 0 aromatic heterocycles. The van der Waals surface area contributed by atoms with E-state index in [-0.39, 0.29) is 5.41 Å². The first kappa shape index (κ1) is 18.0. The molecule has 0 bridgehead atoms. The molecule has 1 aliphatic rings. The summed E-state index contributed by atoms with van der Waals surface area (Å²) in [7, 11) is 0. The molecule has 0 aliphatic carbocycles. The van der Waals surface area contributed by atoms with Crippen LogP contribution in [-0.2, 0) is 5.41 Å². The van der Waals surface area contributed by atoms with Gasteiger partial charge in [0, 0.05) is 11.8 Å². The third-order valence-corrected chi connectivity index (χ3v) is 5.42. The van der Waals surface area contributed by atoms with E-state index < -0.39 is 0 Å². The van der Waals surface area contributed by atoms with Crippen molar-refractivity contribution in [3.8, 4) is 5.75 Å². The number of quaternary nitrogens is 2. The Labute approximate surface area is 152 Å². The van der Waals surface area contributed by atoms with Gasteiger partial charge in [0.1, 0.15) is 31.9 Å². The van der Waals surface area contributed by atoms with Gasteiger partial charge in [-0.25, -0.2) is 0 Å². The molecule has 0 spiro atoms. The van der Waals surface area contributed by atoms with Gasteiger partial charge in [0.2, 0.25) is 0 Å². The fraction of sp³-hybridized carbons (Fsp3) is 0.455. The second kappa shape index (κ2) is 8.50. The number of nitrogens with one attached hydrogen (secondary N) is 1. The number of rotatable bonds is 7. The third kappa shape index (κ3) is 4.83. The smallest absolute Gasteiger partial charge is 0.127 e. The number of ether oxygens (including phenoxy) is 1. The highest BCUT2D eigenvalue weighted by molar-refractivity contribution is 5.39. The van der Waals surface area contributed by atoms with E-state index in [1.165, 1.54) is 43.9 Å². The van der Waals surface area contributed by atoms with Gasteiger partial charge in [0.05, 0.1) is 13.2 Å². The molecule has 3 heteroatoms. The molecule has 3 nitrogen and oxygen atoms in total. The molecule has 3 rings (SSSR count). The number of benzene rings is 2. The molecule has 0 amide bonds. The maximum Gasteiger partial charge on any atom is 0.127 e. The van der Waals surface area contributed by atoms with Gasteiger partial charge in [0.25, 0.3) is 0 Å². The van der Waals surface area contributed by atoms with Gasteiger partial charge in [-0.2, -0.15) is 0 Å². The molecular weight excluding hydrogens is 308 g/mol. The number of piperazine rings is 1. The summed E-state index contributed by atoms with van der Waals surface area (Å²) in [5.74, 6) is 0.981. The van der Waals surface area contributed by atoms with Crippen LogP contribution in [0.2, 0.25) is 0 Å². The van der Waals surface area contributed by atoms with E-state index in [1.807, 2.05) is 0 Å². The summed E-state index contributed by atoms with van der Waals surface area (Å²) < 4.78 is 5.95. The molecule has 134 valence electrons. The lowest BCUT2D eigenvalue weighted by Gasteiger charge is -2.26. The van der Waals surface area contributed by atoms with E-state index in [2.05, 4.69) is 73.8 Å². The monoisotopic (exact) mass is 340 g/mol. The Morgan fingerprint density at radius 3 is 2.24 bits per heavy atom. The van der Waals surface area contributed by atoms with E-state index in [4.69, 9.17) is 4.74 Å². The van der Waals surface area contributed by atoms with Crippen molar-refractivity contribution in [2.45, 2.75) is 25.7 Å². The predicted molar refractivity (Wildman–Crippen MR) is 102 cm³/mol. The first-order valence-corrected chi connectivity index (χ1v) is 9.60. The van der Waals surface area contributed by atoms with Crippen LogP contribution in [0.1, 0.15) is 31.4 Å². The fourth-order valence-electron chi connectivity index (χ4n) is 3.63. The molecule has 2 aromatic carbocycles. The molecule has 0 atom stereocenters. The van der Waals surface area contributed by atoms with Crippen LogP contribution in [0.15, 0.2) is 54.6 Å². The summed E-state index contributed by atoms with van der Waals surface area (Å²) in [4.78, 5) is 1.73. The Morgan fingerprint density at radius 1 is 0.920 bits per heavy atom. The van der Waals surface area contributed by atoms with Crippen LogP contribution in [0.3, 0.4) is 0 Å². The maximum absolute atomic E-state index is 5.95. The first-order valence-electron chi connectivity index (χ1n) is 9.60. The Kier molecular flexibility index (Phi) is 6.11. The van der Waals surface area contributed by atoms with Crippen molar-refractivity contribution in [2.75, 3.05) is 39.3 Å². The minimum Gasteiger partial charge on any atom is -0.493 e. The molecule has 0 unspecified atom stereocenters. The van der Waals surface area contributed by atoms with Crippen LogP contribution >= 0.6 is 0 Å². The van der Waals surface area contributed by atoms with Crippen LogP contribution in [0.25, 0.3) is 0 Å². The minimum absolute atomic E-state index is 0.00836. The molecule has 1 saturated heterocycles. The number of nitrogens with two attached hydrogens (primary N) is 1. The normalized spacial score (nSPS) is 15.9. The van der Waals surface area contributed by atoms with Crippen LogP contribution < -0.4 is 15.0 Å². The summed E-state index contributed by atoms with van der Waals surface area (Å²) in [6.07, 6.45) is 1.13. The summed E-state index contributed by atoms with van der Waals surface area (Å²) in [5, 5.41) is 2.42. The highest BCUT2D eigenvalue weighted by Crippen LogP contribution is 2.32. The van der Waals surface area contributed by atoms with Crippen LogP contribution in [-0.4, -0.2) is 39.3 Å². The Hall–Kier alpha value is -1.84. The predicted octanol–water partition coefficient (Wildman–Crippen LogP) is 1.24. The molecule has 3 N–H and O–H groups in total. The lowest BCUT2D eigenvalue weighted by molar-refractivity contribution is -0.946. The molecule has 25 heavy (non-hydrogen) atoms. The van der Waals surface area contributed by atoms with Gasteiger partial charge in [-0.1, -0.05) is 56.3 Å². The molecule has 1 aliphatic heterocycles. The second-order valence-corrected chi connectivity index (χ2v) is 7.58. The Balaban J connectivity index is 1.50. The van der Waals surface area contributed by atoms with Crippen molar-refractivity contribution in [3.63, 3.8) is 0 Å². The zero-order chi connectivity index (χ0) is 17.5. The van der Waals surface area contributed by atoms with Gasteiger partial charge in [0.15, 0.2) is 0 Å². The lowest BCUT2D eigenvalue weighted by atomic mass is 9.78. The summed E-state index contributed by atoms with van der Waals surface area (Å²) in [6, 6.07) is 19.3. The average Bonchev–Trinajstić information content (AvgIpc) is 2.67. The average molecular weight is 341 g/mol. The van der Waals surface area contributed by atoms with E-state index in [1.54, 1.807) is 4.90 Å². The van der Waals surface area contributed by atoms with E-state index in [9.17, 15) is 0 Å². The zero-order valence-electron chi connectivity index (χ0n) is 15.6. The lowest BCUT2D eigenvalue weighted by Crippen LogP contribution is -3.20. The topological polar surface area (TPSA) is 30.3 Å². The maximum atomic E-state index is 5.95. The largest absolute Gasteiger partial charge is 0.493 e. The van der Waals surface area contributed by atoms with E-state index in [0.29, 0.717) is 0 Å². The van der Waals surface area contributed by atoms with Crippen LogP contribution in [0.5, 0.6) is 5.75 Å². The Morgan fingerprint density at radius 2 is 1.56 bits per heavy atom. The summed E-state index contributed by atoms with van der Waals surface area (Å²) in [6.45, 7) is 11.7. The van der Waals surface area contributed by atoms with E-state index >= 15 is 0 Å². The van der Waals surface area contributed by atoms with Gasteiger partial charge < -0.3 is 15.0 Å². The Bertz CT molecular complexity index is 631. The standard InChI is InChI=1S/C22H30N2O/c1-22(2,19-7-4-3-5-8-19)20-9-11-21(12-10-20)25-18-6-15-24-16-13-23-14-17-24/h3-5,7-12,23H,6,13-18H2,1-2H3/p+2.